The largest absolute Gasteiger partial charge is 0.406 e. The minimum Gasteiger partial charge on any atom is -0.339 e. The maximum atomic E-state index is 13.9. The van der Waals surface area contributed by atoms with Crippen molar-refractivity contribution in [2.75, 3.05) is 39.8 Å². The first-order valence-electron chi connectivity index (χ1n) is 9.75. The number of likely N-dealkylation sites (N-methyl/N-ethyl adjacent to an activating group) is 1. The average Bonchev–Trinajstić information content (AvgIpc) is 3.12. The molecule has 0 bridgehead atoms. The van der Waals surface area contributed by atoms with Crippen LogP contribution in [-0.4, -0.2) is 83.9 Å². The summed E-state index contributed by atoms with van der Waals surface area (Å²) in [4.78, 5) is 19.1. The van der Waals surface area contributed by atoms with E-state index in [9.17, 15) is 30.8 Å². The number of sulfonamides is 1. The topological polar surface area (TPSA) is 78.8 Å². The molecule has 0 aliphatic carbocycles. The summed E-state index contributed by atoms with van der Waals surface area (Å²) in [7, 11) is -2.43. The summed E-state index contributed by atoms with van der Waals surface area (Å²) in [6.45, 7) is -0.908. The Hall–Kier alpha value is -2.51. The first-order valence-corrected chi connectivity index (χ1v) is 11.2. The third-order valence-corrected chi connectivity index (χ3v) is 6.95. The number of carbonyl (C=O) groups is 1. The normalized spacial score (nSPS) is 16.0. The van der Waals surface area contributed by atoms with Crippen LogP contribution in [0, 0.1) is 5.82 Å². The molecule has 0 N–H and O–H groups in total. The smallest absolute Gasteiger partial charge is 0.339 e. The van der Waals surface area contributed by atoms with Crippen molar-refractivity contribution in [1.29, 1.82) is 0 Å². The van der Waals surface area contributed by atoms with Gasteiger partial charge in [-0.3, -0.25) is 9.69 Å². The lowest BCUT2D eigenvalue weighted by molar-refractivity contribution is -0.141. The van der Waals surface area contributed by atoms with Gasteiger partial charge in [-0.15, -0.1) is 0 Å². The van der Waals surface area contributed by atoms with Crippen LogP contribution in [0.25, 0.3) is 0 Å². The minimum absolute atomic E-state index is 0.0160. The van der Waals surface area contributed by atoms with Crippen molar-refractivity contribution in [1.82, 2.24) is 23.7 Å². The number of hydrogen-bond acceptors (Lipinski definition) is 5. The quantitative estimate of drug-likeness (QED) is 0.566. The fourth-order valence-electron chi connectivity index (χ4n) is 3.43. The van der Waals surface area contributed by atoms with E-state index < -0.39 is 33.5 Å². The standard InChI is InChI=1S/C19H23F4N5O3S/c1-25(12-17-24-6-7-27(17)14-19(21,22)23)13-18(29)26-8-10-28(11-9-26)32(30,31)16-5-3-2-4-15(16)20/h2-7H,8-14H2,1H3. The van der Waals surface area contributed by atoms with Crippen LogP contribution in [0.1, 0.15) is 5.82 Å². The lowest BCUT2D eigenvalue weighted by Gasteiger charge is -2.34. The van der Waals surface area contributed by atoms with E-state index in [4.69, 9.17) is 0 Å². The molecule has 8 nitrogen and oxygen atoms in total. The van der Waals surface area contributed by atoms with Gasteiger partial charge in [0.25, 0.3) is 0 Å². The van der Waals surface area contributed by atoms with E-state index >= 15 is 0 Å². The molecule has 0 radical (unpaired) electrons. The van der Waals surface area contributed by atoms with Crippen molar-refractivity contribution in [2.24, 2.45) is 0 Å². The van der Waals surface area contributed by atoms with E-state index in [0.717, 1.165) is 14.9 Å². The monoisotopic (exact) mass is 477 g/mol. The van der Waals surface area contributed by atoms with Gasteiger partial charge in [-0.1, -0.05) is 12.1 Å². The van der Waals surface area contributed by atoms with E-state index in [1.165, 1.54) is 35.5 Å². The zero-order valence-corrected chi connectivity index (χ0v) is 18.1. The molecule has 0 saturated carbocycles. The van der Waals surface area contributed by atoms with E-state index in [2.05, 4.69) is 4.98 Å². The average molecular weight is 477 g/mol. The second kappa shape index (κ2) is 9.55. The van der Waals surface area contributed by atoms with Crippen molar-refractivity contribution in [3.8, 4) is 0 Å². The summed E-state index contributed by atoms with van der Waals surface area (Å²) in [5.74, 6) is -0.945. The maximum Gasteiger partial charge on any atom is 0.406 e. The van der Waals surface area contributed by atoms with Gasteiger partial charge in [0.2, 0.25) is 15.9 Å². The Balaban J connectivity index is 1.54. The number of piperazine rings is 1. The van der Waals surface area contributed by atoms with Crippen LogP contribution in [0.5, 0.6) is 0 Å². The molecule has 1 saturated heterocycles. The van der Waals surface area contributed by atoms with Gasteiger partial charge in [-0.25, -0.2) is 17.8 Å². The van der Waals surface area contributed by atoms with Crippen molar-refractivity contribution in [3.63, 3.8) is 0 Å². The van der Waals surface area contributed by atoms with Crippen LogP contribution in [0.2, 0.25) is 0 Å². The molecule has 176 valence electrons. The van der Waals surface area contributed by atoms with E-state index in [1.54, 1.807) is 11.9 Å². The molecule has 0 spiro atoms. The van der Waals surface area contributed by atoms with E-state index in [0.29, 0.717) is 0 Å². The number of halogens is 4. The second-order valence-electron chi connectivity index (χ2n) is 7.47. The van der Waals surface area contributed by atoms with Gasteiger partial charge in [0, 0.05) is 38.6 Å². The SMILES string of the molecule is CN(CC(=O)N1CCN(S(=O)(=O)c2ccccc2F)CC1)Cc1nccn1CC(F)(F)F. The number of benzene rings is 1. The summed E-state index contributed by atoms with van der Waals surface area (Å²) in [6.07, 6.45) is -1.88. The van der Waals surface area contributed by atoms with Crippen LogP contribution < -0.4 is 0 Å². The highest BCUT2D eigenvalue weighted by Crippen LogP contribution is 2.21. The Morgan fingerprint density at radius 1 is 1.16 bits per heavy atom. The number of amides is 1. The van der Waals surface area contributed by atoms with Crippen LogP contribution >= 0.6 is 0 Å². The highest BCUT2D eigenvalue weighted by atomic mass is 32.2. The first kappa shape index (κ1) is 24.1. The molecule has 1 aromatic carbocycles. The fourth-order valence-corrected chi connectivity index (χ4v) is 4.92. The molecule has 1 fully saturated rings. The van der Waals surface area contributed by atoms with Crippen LogP contribution in [0.3, 0.4) is 0 Å². The number of alkyl halides is 3. The van der Waals surface area contributed by atoms with E-state index in [1.807, 2.05) is 0 Å². The number of hydrogen-bond donors (Lipinski definition) is 0. The molecule has 2 heterocycles. The molecule has 0 atom stereocenters. The summed E-state index contributed by atoms with van der Waals surface area (Å²) in [5, 5.41) is 0. The third-order valence-electron chi connectivity index (χ3n) is 5.01. The molecule has 0 unspecified atom stereocenters. The predicted molar refractivity (Wildman–Crippen MR) is 106 cm³/mol. The molecule has 3 rings (SSSR count). The second-order valence-corrected chi connectivity index (χ2v) is 9.38. The van der Waals surface area contributed by atoms with Gasteiger partial charge in [0.15, 0.2) is 0 Å². The minimum atomic E-state index is -4.38. The number of aromatic nitrogens is 2. The van der Waals surface area contributed by atoms with Gasteiger partial charge >= 0.3 is 6.18 Å². The molecule has 1 aliphatic heterocycles. The Bertz CT molecular complexity index is 1050. The predicted octanol–water partition coefficient (Wildman–Crippen LogP) is 1.55. The zero-order valence-electron chi connectivity index (χ0n) is 17.3. The van der Waals surface area contributed by atoms with Crippen molar-refractivity contribution in [3.05, 3.63) is 48.3 Å². The van der Waals surface area contributed by atoms with Crippen molar-refractivity contribution in [2.45, 2.75) is 24.2 Å². The molecule has 13 heteroatoms. The summed E-state index contributed by atoms with van der Waals surface area (Å²) in [6, 6.07) is 5.10. The number of imidazole rings is 1. The van der Waals surface area contributed by atoms with E-state index in [-0.39, 0.29) is 51.0 Å². The zero-order chi connectivity index (χ0) is 23.5. The van der Waals surface area contributed by atoms with Gasteiger partial charge in [-0.2, -0.15) is 17.5 Å². The van der Waals surface area contributed by atoms with Crippen molar-refractivity contribution < 1.29 is 30.8 Å². The molecule has 32 heavy (non-hydrogen) atoms. The maximum absolute atomic E-state index is 13.9. The Kier molecular flexibility index (Phi) is 7.20. The first-order chi connectivity index (χ1) is 15.0. The Labute approximate surface area is 183 Å². The molecule has 1 aromatic heterocycles. The van der Waals surface area contributed by atoms with Gasteiger partial charge in [0.1, 0.15) is 23.1 Å². The summed E-state index contributed by atoms with van der Waals surface area (Å²) >= 11 is 0. The molecular weight excluding hydrogens is 454 g/mol. The third kappa shape index (κ3) is 5.84. The lowest BCUT2D eigenvalue weighted by atomic mass is 10.3. The molecule has 2 aromatic rings. The number of carbonyl (C=O) groups excluding carboxylic acids is 1. The Morgan fingerprint density at radius 3 is 2.44 bits per heavy atom. The van der Waals surface area contributed by atoms with Gasteiger partial charge < -0.3 is 9.47 Å². The van der Waals surface area contributed by atoms with Crippen LogP contribution in [0.4, 0.5) is 17.6 Å². The summed E-state index contributed by atoms with van der Waals surface area (Å²) < 4.78 is 79.3. The molecule has 1 aliphatic rings. The van der Waals surface area contributed by atoms with Crippen molar-refractivity contribution >= 4 is 15.9 Å². The Morgan fingerprint density at radius 2 is 1.81 bits per heavy atom. The van der Waals surface area contributed by atoms with Crippen LogP contribution in [-0.2, 0) is 27.9 Å². The number of rotatable bonds is 7. The van der Waals surface area contributed by atoms with Gasteiger partial charge in [-0.05, 0) is 19.2 Å². The molecular formula is C19H23F4N5O3S. The number of nitrogens with zero attached hydrogens (tertiary/aromatic N) is 5. The molecule has 1 amide bonds. The van der Waals surface area contributed by atoms with Gasteiger partial charge in [0.05, 0.1) is 13.1 Å². The van der Waals surface area contributed by atoms with Crippen LogP contribution in [0.15, 0.2) is 41.6 Å². The highest BCUT2D eigenvalue weighted by Gasteiger charge is 2.32. The fraction of sp³-hybridized carbons (Fsp3) is 0.474. The summed E-state index contributed by atoms with van der Waals surface area (Å²) in [5.41, 5.74) is 0. The highest BCUT2D eigenvalue weighted by molar-refractivity contribution is 7.89. The lowest BCUT2D eigenvalue weighted by Crippen LogP contribution is -2.52.